The number of aliphatic carboxylic acids is 1. The lowest BCUT2D eigenvalue weighted by Gasteiger charge is -2.26. The SMILES string of the molecule is CCOC(=O)CNNC(=O)C(O)[C@H](N)CC1CCCCC1.O=C(O)C(F)(F)F. The van der Waals surface area contributed by atoms with Gasteiger partial charge in [-0.3, -0.25) is 15.0 Å². The average Bonchev–Trinajstić information content (AvgIpc) is 2.61. The molecule has 1 aliphatic carbocycles. The van der Waals surface area contributed by atoms with Crippen molar-refractivity contribution in [2.75, 3.05) is 13.2 Å². The van der Waals surface area contributed by atoms with Crippen molar-refractivity contribution in [1.29, 1.82) is 0 Å². The number of carboxylic acid groups (broad SMARTS) is 1. The van der Waals surface area contributed by atoms with Gasteiger partial charge in [0.2, 0.25) is 0 Å². The van der Waals surface area contributed by atoms with E-state index in [1.807, 2.05) is 0 Å². The van der Waals surface area contributed by atoms with E-state index in [9.17, 15) is 27.9 Å². The van der Waals surface area contributed by atoms with Gasteiger partial charge in [0.1, 0.15) is 12.6 Å². The Morgan fingerprint density at radius 3 is 2.21 bits per heavy atom. The Bertz CT molecular complexity index is 499. The average molecular weight is 415 g/mol. The van der Waals surface area contributed by atoms with Crippen LogP contribution in [0.2, 0.25) is 0 Å². The second-order valence-electron chi connectivity index (χ2n) is 6.30. The molecule has 28 heavy (non-hydrogen) atoms. The number of carbonyl (C=O) groups excluding carboxylic acids is 2. The topological polar surface area (TPSA) is 151 Å². The highest BCUT2D eigenvalue weighted by atomic mass is 19.4. The summed E-state index contributed by atoms with van der Waals surface area (Å²) in [6, 6.07) is -0.586. The molecule has 6 N–H and O–H groups in total. The summed E-state index contributed by atoms with van der Waals surface area (Å²) in [4.78, 5) is 31.7. The fraction of sp³-hybridized carbons (Fsp3) is 0.812. The predicted molar refractivity (Wildman–Crippen MR) is 91.6 cm³/mol. The van der Waals surface area contributed by atoms with E-state index in [-0.39, 0.29) is 13.2 Å². The van der Waals surface area contributed by atoms with E-state index >= 15 is 0 Å². The highest BCUT2D eigenvalue weighted by Crippen LogP contribution is 2.27. The van der Waals surface area contributed by atoms with Crippen LogP contribution in [0.25, 0.3) is 0 Å². The largest absolute Gasteiger partial charge is 0.490 e. The number of hydrogen-bond donors (Lipinski definition) is 5. The Morgan fingerprint density at radius 2 is 1.75 bits per heavy atom. The van der Waals surface area contributed by atoms with Gasteiger partial charge in [-0.05, 0) is 19.3 Å². The molecule has 1 saturated carbocycles. The summed E-state index contributed by atoms with van der Waals surface area (Å²) in [5.74, 6) is -3.36. The van der Waals surface area contributed by atoms with Gasteiger partial charge in [-0.15, -0.1) is 0 Å². The van der Waals surface area contributed by atoms with Crippen LogP contribution in [0.5, 0.6) is 0 Å². The van der Waals surface area contributed by atoms with E-state index in [0.717, 1.165) is 12.8 Å². The number of esters is 1. The molecule has 2 atom stereocenters. The molecule has 9 nitrogen and oxygen atoms in total. The molecular weight excluding hydrogens is 387 g/mol. The van der Waals surface area contributed by atoms with E-state index < -0.39 is 36.2 Å². The first-order valence-corrected chi connectivity index (χ1v) is 8.91. The number of aliphatic hydroxyl groups excluding tert-OH is 1. The van der Waals surface area contributed by atoms with Gasteiger partial charge in [0, 0.05) is 6.04 Å². The summed E-state index contributed by atoms with van der Waals surface area (Å²) in [5, 5.41) is 17.0. The van der Waals surface area contributed by atoms with Gasteiger partial charge >= 0.3 is 18.1 Å². The maximum atomic E-state index is 11.7. The number of hydrazine groups is 1. The van der Waals surface area contributed by atoms with Crippen LogP contribution >= 0.6 is 0 Å². The van der Waals surface area contributed by atoms with Crippen molar-refractivity contribution in [2.45, 2.75) is 63.8 Å². The first-order valence-electron chi connectivity index (χ1n) is 8.91. The number of carbonyl (C=O) groups is 3. The molecule has 1 unspecified atom stereocenters. The van der Waals surface area contributed by atoms with Crippen LogP contribution < -0.4 is 16.6 Å². The van der Waals surface area contributed by atoms with E-state index in [1.165, 1.54) is 19.3 Å². The molecule has 0 aromatic rings. The van der Waals surface area contributed by atoms with Crippen LogP contribution in [0.3, 0.4) is 0 Å². The number of rotatable bonds is 8. The molecule has 0 saturated heterocycles. The number of aliphatic hydroxyl groups is 1. The second kappa shape index (κ2) is 13.3. The van der Waals surface area contributed by atoms with Crippen molar-refractivity contribution in [3.05, 3.63) is 0 Å². The quantitative estimate of drug-likeness (QED) is 0.283. The molecule has 1 amide bonds. The maximum absolute atomic E-state index is 11.7. The molecule has 0 bridgehead atoms. The highest BCUT2D eigenvalue weighted by Gasteiger charge is 2.38. The van der Waals surface area contributed by atoms with Crippen molar-refractivity contribution >= 4 is 17.8 Å². The minimum absolute atomic E-state index is 0.149. The Kier molecular flexibility index (Phi) is 12.4. The number of nitrogens with two attached hydrogens (primary N) is 1. The molecule has 164 valence electrons. The molecule has 1 rings (SSSR count). The molecule has 0 aromatic carbocycles. The van der Waals surface area contributed by atoms with Crippen molar-refractivity contribution in [3.8, 4) is 0 Å². The van der Waals surface area contributed by atoms with Crippen molar-refractivity contribution in [2.24, 2.45) is 11.7 Å². The fourth-order valence-electron chi connectivity index (χ4n) is 2.62. The zero-order valence-electron chi connectivity index (χ0n) is 15.6. The van der Waals surface area contributed by atoms with E-state index in [2.05, 4.69) is 10.9 Å². The highest BCUT2D eigenvalue weighted by molar-refractivity contribution is 5.81. The van der Waals surface area contributed by atoms with Gasteiger partial charge in [-0.2, -0.15) is 13.2 Å². The molecular formula is C16H28F3N3O6. The standard InChI is InChI=1S/C14H27N3O4.C2HF3O2/c1-2-21-12(18)9-16-17-14(20)13(19)11(15)8-10-6-4-3-5-7-10;3-2(4,5)1(6)7/h10-11,13,16,19H,2-9,15H2,1H3,(H,17,20);(H,6,7)/t11-,13?;/m1./s1. The van der Waals surface area contributed by atoms with Crippen LogP contribution in [-0.4, -0.2) is 59.5 Å². The minimum Gasteiger partial charge on any atom is -0.475 e. The van der Waals surface area contributed by atoms with Gasteiger partial charge in [-0.25, -0.2) is 10.2 Å². The zero-order valence-corrected chi connectivity index (χ0v) is 15.6. The molecule has 0 radical (unpaired) electrons. The monoisotopic (exact) mass is 415 g/mol. The van der Waals surface area contributed by atoms with Crippen molar-refractivity contribution < 1.29 is 42.5 Å². The van der Waals surface area contributed by atoms with Crippen LogP contribution in [0.15, 0.2) is 0 Å². The second-order valence-corrected chi connectivity index (χ2v) is 6.30. The summed E-state index contributed by atoms with van der Waals surface area (Å²) in [7, 11) is 0. The van der Waals surface area contributed by atoms with Crippen molar-refractivity contribution in [1.82, 2.24) is 10.9 Å². The van der Waals surface area contributed by atoms with Gasteiger partial charge in [0.05, 0.1) is 6.61 Å². The first-order chi connectivity index (χ1) is 13.0. The van der Waals surface area contributed by atoms with Crippen LogP contribution in [0, 0.1) is 5.92 Å². The predicted octanol–water partition coefficient (Wildman–Crippen LogP) is 0.462. The van der Waals surface area contributed by atoms with Gasteiger partial charge in [0.25, 0.3) is 5.91 Å². The van der Waals surface area contributed by atoms with Crippen LogP contribution in [0.1, 0.15) is 45.4 Å². The molecule has 0 heterocycles. The molecule has 0 aliphatic heterocycles. The minimum atomic E-state index is -5.08. The molecule has 0 spiro atoms. The maximum Gasteiger partial charge on any atom is 0.490 e. The third kappa shape index (κ3) is 11.7. The lowest BCUT2D eigenvalue weighted by molar-refractivity contribution is -0.192. The summed E-state index contributed by atoms with van der Waals surface area (Å²) in [6.45, 7) is 1.83. The number of alkyl halides is 3. The fourth-order valence-corrected chi connectivity index (χ4v) is 2.62. The van der Waals surface area contributed by atoms with E-state index in [1.54, 1.807) is 6.92 Å². The molecule has 0 aromatic heterocycles. The molecule has 1 fully saturated rings. The smallest absolute Gasteiger partial charge is 0.475 e. The molecule has 12 heteroatoms. The van der Waals surface area contributed by atoms with E-state index in [4.69, 9.17) is 20.4 Å². The zero-order chi connectivity index (χ0) is 21.7. The third-order valence-corrected chi connectivity index (χ3v) is 4.00. The van der Waals surface area contributed by atoms with Gasteiger partial charge < -0.3 is 20.7 Å². The summed E-state index contributed by atoms with van der Waals surface area (Å²) < 4.78 is 36.4. The first kappa shape index (κ1) is 26.1. The summed E-state index contributed by atoms with van der Waals surface area (Å²) in [5.41, 5.74) is 10.6. The van der Waals surface area contributed by atoms with Gasteiger partial charge in [-0.1, -0.05) is 32.1 Å². The number of ether oxygens (including phenoxy) is 1. The van der Waals surface area contributed by atoms with E-state index in [0.29, 0.717) is 12.3 Å². The molecule has 1 aliphatic rings. The number of carboxylic acids is 1. The Hall–Kier alpha value is -1.92. The van der Waals surface area contributed by atoms with Crippen molar-refractivity contribution in [3.63, 3.8) is 0 Å². The number of amides is 1. The Labute approximate surface area is 160 Å². The van der Waals surface area contributed by atoms with Gasteiger partial charge in [0.15, 0.2) is 0 Å². The third-order valence-electron chi connectivity index (χ3n) is 4.00. The lowest BCUT2D eigenvalue weighted by Crippen LogP contribution is -2.52. The normalized spacial score (nSPS) is 16.9. The number of hydrogen-bond acceptors (Lipinski definition) is 7. The Balaban J connectivity index is 0.000000887. The number of nitrogens with one attached hydrogen (secondary N) is 2. The summed E-state index contributed by atoms with van der Waals surface area (Å²) >= 11 is 0. The lowest BCUT2D eigenvalue weighted by atomic mass is 9.84. The summed E-state index contributed by atoms with van der Waals surface area (Å²) in [6.07, 6.45) is 0.161. The number of halogens is 3. The Morgan fingerprint density at radius 1 is 1.21 bits per heavy atom. The van der Waals surface area contributed by atoms with Crippen LogP contribution in [0.4, 0.5) is 13.2 Å². The van der Waals surface area contributed by atoms with Crippen LogP contribution in [-0.2, 0) is 19.1 Å².